The van der Waals surface area contributed by atoms with Crippen molar-refractivity contribution in [3.8, 4) is 11.6 Å². The van der Waals surface area contributed by atoms with Gasteiger partial charge in [-0.15, -0.1) is 0 Å². The van der Waals surface area contributed by atoms with Gasteiger partial charge in [-0.25, -0.2) is 28.1 Å². The molecule has 0 aliphatic heterocycles. The predicted molar refractivity (Wildman–Crippen MR) is 102 cm³/mol. The number of rotatable bonds is 6. The molecule has 0 radical (unpaired) electrons. The van der Waals surface area contributed by atoms with Crippen molar-refractivity contribution < 1.29 is 8.42 Å². The van der Waals surface area contributed by atoms with Crippen LogP contribution in [0.5, 0.6) is 0 Å². The van der Waals surface area contributed by atoms with Crippen molar-refractivity contribution >= 4 is 20.8 Å². The third-order valence-electron chi connectivity index (χ3n) is 4.17. The van der Waals surface area contributed by atoms with Crippen LogP contribution in [0.4, 0.5) is 0 Å². The Labute approximate surface area is 156 Å². The van der Waals surface area contributed by atoms with Crippen LogP contribution in [-0.4, -0.2) is 34.5 Å². The van der Waals surface area contributed by atoms with Crippen molar-refractivity contribution in [1.29, 1.82) is 0 Å². The highest BCUT2D eigenvalue weighted by Gasteiger charge is 2.17. The largest absolute Gasteiger partial charge is 0.327 e. The number of hydrogen-bond donors (Lipinski definition) is 1. The summed E-state index contributed by atoms with van der Waals surface area (Å²) in [5.74, 6) is 1.10. The molecule has 0 saturated carbocycles. The summed E-state index contributed by atoms with van der Waals surface area (Å²) < 4.78 is 30.0. The second-order valence-corrected chi connectivity index (χ2v) is 7.63. The van der Waals surface area contributed by atoms with Gasteiger partial charge in [0.05, 0.1) is 4.90 Å². The summed E-state index contributed by atoms with van der Waals surface area (Å²) in [6.07, 6.45) is 6.71. The van der Waals surface area contributed by atoms with E-state index in [0.29, 0.717) is 23.6 Å². The van der Waals surface area contributed by atoms with Crippen LogP contribution in [0.1, 0.15) is 0 Å². The van der Waals surface area contributed by atoms with Gasteiger partial charge in [0.1, 0.15) is 0 Å². The van der Waals surface area contributed by atoms with Gasteiger partial charge in [-0.2, -0.15) is 0 Å². The molecule has 1 N–H and O–H groups in total. The minimum absolute atomic E-state index is 0.224. The third kappa shape index (κ3) is 3.57. The van der Waals surface area contributed by atoms with Gasteiger partial charge in [0.15, 0.2) is 11.6 Å². The quantitative estimate of drug-likeness (QED) is 0.556. The van der Waals surface area contributed by atoms with Crippen LogP contribution in [0.3, 0.4) is 0 Å². The molecule has 0 spiro atoms. The molecule has 2 aromatic carbocycles. The van der Waals surface area contributed by atoms with E-state index in [-0.39, 0.29) is 11.4 Å². The Morgan fingerprint density at radius 1 is 0.889 bits per heavy atom. The van der Waals surface area contributed by atoms with Crippen molar-refractivity contribution in [3.05, 3.63) is 73.3 Å². The lowest BCUT2D eigenvalue weighted by molar-refractivity contribution is 0.574. The van der Waals surface area contributed by atoms with E-state index in [2.05, 4.69) is 19.7 Å². The number of imidazole rings is 1. The Bertz CT molecular complexity index is 1170. The molecule has 136 valence electrons. The standard InChI is InChI=1S/C19H17N5O2S/c25-27(26,17-8-3-6-15-5-1-2-7-16(15)17)23-12-14-24-13-11-22-19(24)18-20-9-4-10-21-18/h1-11,13,23H,12,14H2. The lowest BCUT2D eigenvalue weighted by atomic mass is 10.1. The SMILES string of the molecule is O=S(=O)(NCCn1ccnc1-c1ncccn1)c1cccc2ccccc12. The topological polar surface area (TPSA) is 89.8 Å². The summed E-state index contributed by atoms with van der Waals surface area (Å²) in [6.45, 7) is 0.638. The Kier molecular flexibility index (Phi) is 4.66. The Balaban J connectivity index is 1.52. The number of nitrogens with zero attached hydrogens (tertiary/aromatic N) is 4. The Hall–Kier alpha value is -3.10. The fourth-order valence-electron chi connectivity index (χ4n) is 2.92. The van der Waals surface area contributed by atoms with Gasteiger partial charge >= 0.3 is 0 Å². The van der Waals surface area contributed by atoms with Gasteiger partial charge in [-0.3, -0.25) is 0 Å². The first kappa shape index (κ1) is 17.3. The van der Waals surface area contributed by atoms with E-state index in [1.54, 1.807) is 43.0 Å². The van der Waals surface area contributed by atoms with Crippen LogP contribution >= 0.6 is 0 Å². The zero-order valence-electron chi connectivity index (χ0n) is 14.4. The Morgan fingerprint density at radius 2 is 1.67 bits per heavy atom. The van der Waals surface area contributed by atoms with Crippen LogP contribution in [0.15, 0.2) is 78.2 Å². The van der Waals surface area contributed by atoms with Crippen LogP contribution in [0.2, 0.25) is 0 Å². The maximum atomic E-state index is 12.8. The summed E-state index contributed by atoms with van der Waals surface area (Å²) in [6, 6.07) is 14.4. The molecule has 0 saturated heterocycles. The molecule has 27 heavy (non-hydrogen) atoms. The number of nitrogens with one attached hydrogen (secondary N) is 1. The van der Waals surface area contributed by atoms with Gasteiger partial charge in [0, 0.05) is 43.3 Å². The molecule has 8 heteroatoms. The average Bonchev–Trinajstić information content (AvgIpc) is 3.16. The van der Waals surface area contributed by atoms with Crippen molar-refractivity contribution in [3.63, 3.8) is 0 Å². The highest BCUT2D eigenvalue weighted by atomic mass is 32.2. The molecule has 7 nitrogen and oxygen atoms in total. The summed E-state index contributed by atoms with van der Waals surface area (Å²) >= 11 is 0. The Morgan fingerprint density at radius 3 is 2.52 bits per heavy atom. The zero-order chi connectivity index (χ0) is 18.7. The monoisotopic (exact) mass is 379 g/mol. The molecule has 2 aromatic heterocycles. The number of hydrogen-bond acceptors (Lipinski definition) is 5. The second kappa shape index (κ2) is 7.26. The molecule has 0 aliphatic carbocycles. The minimum Gasteiger partial charge on any atom is -0.327 e. The van der Waals surface area contributed by atoms with Gasteiger partial charge in [0.25, 0.3) is 0 Å². The van der Waals surface area contributed by atoms with E-state index in [9.17, 15) is 8.42 Å². The molecule has 0 bridgehead atoms. The highest BCUT2D eigenvalue weighted by Crippen LogP contribution is 2.22. The number of aromatic nitrogens is 4. The lowest BCUT2D eigenvalue weighted by Crippen LogP contribution is -2.27. The maximum absolute atomic E-state index is 12.8. The smallest absolute Gasteiger partial charge is 0.241 e. The highest BCUT2D eigenvalue weighted by molar-refractivity contribution is 7.89. The molecule has 0 aliphatic rings. The zero-order valence-corrected chi connectivity index (χ0v) is 15.2. The van der Waals surface area contributed by atoms with Crippen molar-refractivity contribution in [2.24, 2.45) is 0 Å². The van der Waals surface area contributed by atoms with Crippen molar-refractivity contribution in [1.82, 2.24) is 24.2 Å². The van der Waals surface area contributed by atoms with Gasteiger partial charge in [-0.05, 0) is 17.5 Å². The molecule has 0 fully saturated rings. The van der Waals surface area contributed by atoms with Crippen molar-refractivity contribution in [2.75, 3.05) is 6.54 Å². The van der Waals surface area contributed by atoms with E-state index in [4.69, 9.17) is 0 Å². The molecule has 2 heterocycles. The second-order valence-electron chi connectivity index (χ2n) is 5.89. The normalized spacial score (nSPS) is 11.7. The molecule has 0 unspecified atom stereocenters. The van der Waals surface area contributed by atoms with Gasteiger partial charge < -0.3 is 4.57 Å². The first-order valence-electron chi connectivity index (χ1n) is 8.41. The van der Waals surface area contributed by atoms with Crippen LogP contribution in [-0.2, 0) is 16.6 Å². The molecule has 4 rings (SSSR count). The number of sulfonamides is 1. The fraction of sp³-hybridized carbons (Fsp3) is 0.105. The molecular weight excluding hydrogens is 362 g/mol. The maximum Gasteiger partial charge on any atom is 0.241 e. The summed E-state index contributed by atoms with van der Waals surface area (Å²) in [5, 5.41) is 1.59. The average molecular weight is 379 g/mol. The van der Waals surface area contributed by atoms with E-state index in [1.165, 1.54) is 0 Å². The van der Waals surface area contributed by atoms with Crippen LogP contribution in [0, 0.1) is 0 Å². The third-order valence-corrected chi connectivity index (χ3v) is 5.68. The number of fused-ring (bicyclic) bond motifs is 1. The van der Waals surface area contributed by atoms with Gasteiger partial charge in [-0.1, -0.05) is 36.4 Å². The minimum atomic E-state index is -3.63. The molecule has 4 aromatic rings. The summed E-state index contributed by atoms with van der Waals surface area (Å²) in [4.78, 5) is 12.9. The van der Waals surface area contributed by atoms with Gasteiger partial charge in [0.2, 0.25) is 10.0 Å². The first-order chi connectivity index (χ1) is 13.1. The number of benzene rings is 2. The lowest BCUT2D eigenvalue weighted by Gasteiger charge is -2.11. The van der Waals surface area contributed by atoms with E-state index < -0.39 is 10.0 Å². The van der Waals surface area contributed by atoms with Crippen molar-refractivity contribution in [2.45, 2.75) is 11.4 Å². The molecule has 0 atom stereocenters. The summed E-state index contributed by atoms with van der Waals surface area (Å²) in [5.41, 5.74) is 0. The fourth-order valence-corrected chi connectivity index (χ4v) is 4.17. The van der Waals surface area contributed by atoms with E-state index in [1.807, 2.05) is 34.9 Å². The predicted octanol–water partition coefficient (Wildman–Crippen LogP) is 2.47. The summed E-state index contributed by atoms with van der Waals surface area (Å²) in [7, 11) is -3.63. The van der Waals surface area contributed by atoms with Crippen LogP contribution in [0.25, 0.3) is 22.4 Å². The van der Waals surface area contributed by atoms with E-state index >= 15 is 0 Å². The first-order valence-corrected chi connectivity index (χ1v) is 9.89. The van der Waals surface area contributed by atoms with Crippen LogP contribution < -0.4 is 4.72 Å². The van der Waals surface area contributed by atoms with E-state index in [0.717, 1.165) is 5.39 Å². The molecular formula is C19H17N5O2S. The molecule has 0 amide bonds.